The van der Waals surface area contributed by atoms with Crippen LogP contribution < -0.4 is 10.6 Å². The third-order valence-corrected chi connectivity index (χ3v) is 4.75. The van der Waals surface area contributed by atoms with Gasteiger partial charge in [0.15, 0.2) is 0 Å². The molecule has 28 heavy (non-hydrogen) atoms. The Kier molecular flexibility index (Phi) is 7.88. The first kappa shape index (κ1) is 22.2. The summed E-state index contributed by atoms with van der Waals surface area (Å²) in [6.45, 7) is 1.69. The number of piperidine rings is 1. The van der Waals surface area contributed by atoms with Crippen LogP contribution in [0.3, 0.4) is 0 Å². The van der Waals surface area contributed by atoms with E-state index in [4.69, 9.17) is 0 Å². The fourth-order valence-corrected chi connectivity index (χ4v) is 3.23. The Bertz CT molecular complexity index is 745. The highest BCUT2D eigenvalue weighted by molar-refractivity contribution is 5.92. The maximum Gasteiger partial charge on any atom is 0.408 e. The largest absolute Gasteiger partial charge is 0.408 e. The molecule has 5 nitrogen and oxygen atoms in total. The zero-order chi connectivity index (χ0) is 19.3. The summed E-state index contributed by atoms with van der Waals surface area (Å²) in [6.07, 6.45) is -0.918. The molecule has 154 valence electrons. The average Bonchev–Trinajstić information content (AvgIpc) is 3.16. The Labute approximate surface area is 168 Å². The Morgan fingerprint density at radius 1 is 1.29 bits per heavy atom. The van der Waals surface area contributed by atoms with Crippen LogP contribution in [0.15, 0.2) is 42.6 Å². The Balaban J connectivity index is 0.00000280. The molecule has 2 atom stereocenters. The smallest absolute Gasteiger partial charge is 0.339 e. The van der Waals surface area contributed by atoms with Crippen LogP contribution in [0.1, 0.15) is 41.4 Å². The highest BCUT2D eigenvalue weighted by atomic mass is 35.5. The third-order valence-electron chi connectivity index (χ3n) is 4.75. The fourth-order valence-electron chi connectivity index (χ4n) is 3.23. The molecule has 1 amide bonds. The van der Waals surface area contributed by atoms with Gasteiger partial charge in [-0.15, -0.1) is 12.4 Å². The lowest BCUT2D eigenvalue weighted by atomic mass is 10.0. The molecule has 2 aromatic rings. The third kappa shape index (κ3) is 5.97. The molecule has 1 aromatic heterocycles. The first-order valence-electron chi connectivity index (χ1n) is 9.11. The second-order valence-corrected chi connectivity index (χ2v) is 6.77. The van der Waals surface area contributed by atoms with Gasteiger partial charge in [0, 0.05) is 12.7 Å². The van der Waals surface area contributed by atoms with Crippen LogP contribution in [0.25, 0.3) is 0 Å². The summed E-state index contributed by atoms with van der Waals surface area (Å²) in [5, 5.41) is 9.53. The monoisotopic (exact) mass is 416 g/mol. The van der Waals surface area contributed by atoms with Gasteiger partial charge in [-0.05, 0) is 43.9 Å². The predicted molar refractivity (Wildman–Crippen MR) is 103 cm³/mol. The van der Waals surface area contributed by atoms with E-state index in [9.17, 15) is 18.0 Å². The summed E-state index contributed by atoms with van der Waals surface area (Å²) < 4.78 is 41.7. The summed E-state index contributed by atoms with van der Waals surface area (Å²) in [4.78, 5) is 12.3. The number of aromatic nitrogens is 2. The van der Waals surface area contributed by atoms with Crippen LogP contribution in [-0.4, -0.2) is 41.0 Å². The summed E-state index contributed by atoms with van der Waals surface area (Å²) in [7, 11) is 0. The molecule has 3 rings (SSSR count). The van der Waals surface area contributed by atoms with Gasteiger partial charge >= 0.3 is 6.18 Å². The molecule has 0 bridgehead atoms. The maximum atomic E-state index is 13.3. The van der Waals surface area contributed by atoms with Crippen LogP contribution in [0.5, 0.6) is 0 Å². The number of carbonyl (C=O) groups is 1. The van der Waals surface area contributed by atoms with Crippen LogP contribution >= 0.6 is 12.4 Å². The van der Waals surface area contributed by atoms with Gasteiger partial charge in [-0.1, -0.05) is 30.3 Å². The second kappa shape index (κ2) is 9.93. The average molecular weight is 417 g/mol. The van der Waals surface area contributed by atoms with Crippen LogP contribution in [0, 0.1) is 0 Å². The van der Waals surface area contributed by atoms with E-state index in [1.165, 1.54) is 6.07 Å². The second-order valence-electron chi connectivity index (χ2n) is 6.77. The molecule has 1 aliphatic heterocycles. The van der Waals surface area contributed by atoms with E-state index < -0.39 is 18.1 Å². The molecular weight excluding hydrogens is 393 g/mol. The molecule has 0 radical (unpaired) electrons. The van der Waals surface area contributed by atoms with E-state index in [0.717, 1.165) is 31.5 Å². The van der Waals surface area contributed by atoms with Crippen molar-refractivity contribution in [1.29, 1.82) is 0 Å². The van der Waals surface area contributed by atoms with Gasteiger partial charge in [0.05, 0.1) is 6.04 Å². The van der Waals surface area contributed by atoms with E-state index in [1.807, 2.05) is 6.07 Å². The SMILES string of the molecule is Cl.O=C(NC(CCc1ccccc1)C(F)(F)F)c1ccn(C2CCCNC2)n1. The molecule has 1 aliphatic rings. The minimum absolute atomic E-state index is 0. The zero-order valence-corrected chi connectivity index (χ0v) is 16.1. The number of aryl methyl sites for hydroxylation is 1. The number of nitrogens with one attached hydrogen (secondary N) is 2. The Hall–Kier alpha value is -2.06. The Morgan fingerprint density at radius 2 is 2.04 bits per heavy atom. The molecule has 0 saturated carbocycles. The number of nitrogens with zero attached hydrogens (tertiary/aromatic N) is 2. The van der Waals surface area contributed by atoms with Gasteiger partial charge in [0.25, 0.3) is 5.91 Å². The van der Waals surface area contributed by atoms with E-state index in [0.29, 0.717) is 0 Å². The lowest BCUT2D eigenvalue weighted by Crippen LogP contribution is -2.45. The number of carbonyl (C=O) groups excluding carboxylic acids is 1. The lowest BCUT2D eigenvalue weighted by molar-refractivity contribution is -0.154. The molecule has 1 fully saturated rings. The summed E-state index contributed by atoms with van der Waals surface area (Å²) in [6, 6.07) is 8.60. The van der Waals surface area contributed by atoms with Gasteiger partial charge < -0.3 is 10.6 Å². The molecule has 1 saturated heterocycles. The minimum atomic E-state index is -4.51. The normalized spacial score (nSPS) is 18.2. The van der Waals surface area contributed by atoms with Crippen LogP contribution in [-0.2, 0) is 6.42 Å². The van der Waals surface area contributed by atoms with Crippen molar-refractivity contribution in [2.75, 3.05) is 13.1 Å². The molecule has 0 aliphatic carbocycles. The van der Waals surface area contributed by atoms with Gasteiger partial charge in [0.2, 0.25) is 0 Å². The van der Waals surface area contributed by atoms with Crippen molar-refractivity contribution in [3.05, 3.63) is 53.9 Å². The van der Waals surface area contributed by atoms with Gasteiger partial charge in [-0.3, -0.25) is 9.48 Å². The topological polar surface area (TPSA) is 59.0 Å². The van der Waals surface area contributed by atoms with Crippen LogP contribution in [0.2, 0.25) is 0 Å². The highest BCUT2D eigenvalue weighted by Gasteiger charge is 2.40. The van der Waals surface area contributed by atoms with Gasteiger partial charge in [-0.25, -0.2) is 0 Å². The van der Waals surface area contributed by atoms with Crippen LogP contribution in [0.4, 0.5) is 13.2 Å². The first-order valence-corrected chi connectivity index (χ1v) is 9.11. The van der Waals surface area contributed by atoms with Crippen molar-refractivity contribution in [2.45, 2.75) is 43.9 Å². The lowest BCUT2D eigenvalue weighted by Gasteiger charge is -2.23. The molecule has 2 heterocycles. The van der Waals surface area contributed by atoms with Crippen molar-refractivity contribution in [3.63, 3.8) is 0 Å². The quantitative estimate of drug-likeness (QED) is 0.757. The number of alkyl halides is 3. The van der Waals surface area contributed by atoms with Crippen molar-refractivity contribution >= 4 is 18.3 Å². The van der Waals surface area contributed by atoms with E-state index in [2.05, 4.69) is 15.7 Å². The zero-order valence-electron chi connectivity index (χ0n) is 15.3. The molecule has 9 heteroatoms. The highest BCUT2D eigenvalue weighted by Crippen LogP contribution is 2.24. The molecule has 2 unspecified atom stereocenters. The molecule has 1 aromatic carbocycles. The summed E-state index contributed by atoms with van der Waals surface area (Å²) in [5.74, 6) is -0.798. The molecular formula is C19H24ClF3N4O. The summed E-state index contributed by atoms with van der Waals surface area (Å²) in [5.41, 5.74) is 0.810. The van der Waals surface area contributed by atoms with Crippen molar-refractivity contribution < 1.29 is 18.0 Å². The number of halogens is 4. The maximum absolute atomic E-state index is 13.3. The van der Waals surface area contributed by atoms with E-state index in [1.54, 1.807) is 35.1 Å². The fraction of sp³-hybridized carbons (Fsp3) is 0.474. The van der Waals surface area contributed by atoms with E-state index in [-0.39, 0.29) is 37.0 Å². The number of hydrogen-bond acceptors (Lipinski definition) is 3. The van der Waals surface area contributed by atoms with E-state index >= 15 is 0 Å². The minimum Gasteiger partial charge on any atom is -0.339 e. The van der Waals surface area contributed by atoms with Gasteiger partial charge in [-0.2, -0.15) is 18.3 Å². The number of benzene rings is 1. The first-order chi connectivity index (χ1) is 12.9. The van der Waals surface area contributed by atoms with Gasteiger partial charge in [0.1, 0.15) is 11.7 Å². The summed E-state index contributed by atoms with van der Waals surface area (Å²) >= 11 is 0. The molecule has 2 N–H and O–H groups in total. The number of rotatable bonds is 6. The Morgan fingerprint density at radius 3 is 2.68 bits per heavy atom. The number of amides is 1. The van der Waals surface area contributed by atoms with Crippen molar-refractivity contribution in [1.82, 2.24) is 20.4 Å². The predicted octanol–water partition coefficient (Wildman–Crippen LogP) is 3.52. The van der Waals surface area contributed by atoms with Crippen molar-refractivity contribution in [3.8, 4) is 0 Å². The van der Waals surface area contributed by atoms with Crippen molar-refractivity contribution in [2.24, 2.45) is 0 Å². The number of hydrogen-bond donors (Lipinski definition) is 2. The standard InChI is InChI=1S/C19H23F3N4O.ClH/c20-19(21,22)17(9-8-14-5-2-1-3-6-14)24-18(27)16-10-12-26(25-16)15-7-4-11-23-13-15;/h1-3,5-6,10,12,15,17,23H,4,7-9,11,13H2,(H,24,27);1H. The molecule has 0 spiro atoms.